The van der Waals surface area contributed by atoms with Gasteiger partial charge in [-0.15, -0.1) is 0 Å². The second-order valence-electron chi connectivity index (χ2n) is 20.8. The third-order valence-corrected chi connectivity index (χ3v) is 14.5. The first-order valence-corrected chi connectivity index (χ1v) is 26.4. The molecule has 0 aromatic carbocycles. The maximum absolute atomic E-state index is 13.1. The number of cyclic esters (lactones) is 1. The summed E-state index contributed by atoms with van der Waals surface area (Å²) in [5.74, 6) is -6.89. The average Bonchev–Trinajstić information content (AvgIpc) is 3.37. The Hall–Kier alpha value is -3.42. The first-order valence-electron chi connectivity index (χ1n) is 26.4. The summed E-state index contributed by atoms with van der Waals surface area (Å²) in [6.07, 6.45) is -7.24. The Bertz CT molecular complexity index is 1960. The van der Waals surface area contributed by atoms with E-state index in [1.54, 1.807) is 50.3 Å². The normalized spacial score (nSPS) is 46.1. The zero-order chi connectivity index (χ0) is 57.1. The fourth-order valence-electron chi connectivity index (χ4n) is 9.77. The molecule has 2 bridgehead atoms. The van der Waals surface area contributed by atoms with Crippen molar-refractivity contribution in [1.82, 2.24) is 5.48 Å². The number of nitrogens with two attached hydrogens (primary N) is 1. The van der Waals surface area contributed by atoms with Crippen LogP contribution in [-0.4, -0.2) is 218 Å². The molecule has 0 spiro atoms. The second kappa shape index (κ2) is 32.1. The number of esters is 1. The van der Waals surface area contributed by atoms with Gasteiger partial charge in [0, 0.05) is 31.1 Å². The van der Waals surface area contributed by atoms with Crippen molar-refractivity contribution < 1.29 is 110 Å². The van der Waals surface area contributed by atoms with Gasteiger partial charge >= 0.3 is 5.97 Å². The van der Waals surface area contributed by atoms with E-state index in [2.05, 4.69) is 0 Å². The highest BCUT2D eigenvalue weighted by Crippen LogP contribution is 2.38. The van der Waals surface area contributed by atoms with Gasteiger partial charge in [-0.25, -0.2) is 5.48 Å². The lowest BCUT2D eigenvalue weighted by molar-refractivity contribution is -0.318. The summed E-state index contributed by atoms with van der Waals surface area (Å²) in [6.45, 7) is 5.96. The second-order valence-corrected chi connectivity index (χ2v) is 20.8. The van der Waals surface area contributed by atoms with E-state index in [0.717, 1.165) is 0 Å². The monoisotopic (exact) mass is 1100 g/mol. The largest absolute Gasteiger partial charge is 0.462 e. The van der Waals surface area contributed by atoms with Crippen molar-refractivity contribution >= 4 is 11.9 Å². The van der Waals surface area contributed by atoms with Gasteiger partial charge in [-0.2, -0.15) is 0 Å². The smallest absolute Gasteiger partial charge is 0.308 e. The Kier molecular flexibility index (Phi) is 27.6. The van der Waals surface area contributed by atoms with Gasteiger partial charge in [-0.3, -0.25) is 14.8 Å². The molecule has 0 aromatic heterocycles. The zero-order valence-corrected chi connectivity index (χ0v) is 44.1. The number of carbonyl (C=O) groups excluding carboxylic acids is 2. The number of hydrogen-bond acceptors (Lipinski definition) is 23. The minimum atomic E-state index is -2.39. The van der Waals surface area contributed by atoms with Crippen molar-refractivity contribution in [1.29, 1.82) is 0 Å². The number of hydroxylamine groups is 1. The number of hydrogen-bond donors (Lipinski definition) is 16. The maximum atomic E-state index is 13.1. The summed E-state index contributed by atoms with van der Waals surface area (Å²) >= 11 is 0. The predicted octanol–water partition coefficient (Wildman–Crippen LogP) is -1.82. The van der Waals surface area contributed by atoms with Crippen LogP contribution in [0.25, 0.3) is 0 Å². The number of allylic oxidation sites excluding steroid dienone is 10. The molecule has 4 heterocycles. The number of nitrogens with one attached hydrogen (secondary N) is 1. The summed E-state index contributed by atoms with van der Waals surface area (Å²) in [7, 11) is 0. The third kappa shape index (κ3) is 20.3. The Labute approximate surface area is 449 Å². The van der Waals surface area contributed by atoms with E-state index in [0.29, 0.717) is 12.8 Å². The van der Waals surface area contributed by atoms with Crippen LogP contribution in [0.3, 0.4) is 0 Å². The van der Waals surface area contributed by atoms with E-state index in [4.69, 9.17) is 34.2 Å². The SMILES string of the molecule is C[C@@H]1[C@H](OC2O[C@H](CO)[C@H](O)[C@H](O)[C@H]2O)[C@@H](C)/C=C/C=C/CC/C=C/C=C/C=C/C=C/[C@H](O[C@@H]2O[C@H](C)[C@@H](O)[C@H](N)[C@@H]2O)C[C@@H]2O[C@](O)(C[C@@H](O)[C@H](O)CC[C@@H](O)C[C@@H](O)C[C@@H](O)CC(=O)O[C@H]1C)C[C@H](O)[C@H]2C(=O)NO. The molecule has 0 saturated carbocycles. The number of ether oxygens (including phenoxy) is 6. The standard InChI is InChI=1S/C53H86N2O22/c1-28-17-15-13-11-9-7-5-6-8-10-12-14-16-18-35(74-51-46(66)43(54)44(64)31(4)73-51)24-39-42(50(69)55-71)38(62)26-53(70,77-39)25-37(61)36(60)20-19-32(57)21-33(58)22-34(59)23-41(63)72-30(3)29(2)49(28)76-52-48(68)47(67)45(65)40(27-56)75-52/h5-6,8,10-18,28-40,42-49,51-52,56-62,64-68,70-71H,7,9,19-27,54H2,1-4H3,(H,55,69)/b6-5+,10-8+,13-11+,14-12+,17-15+,18-16+/t28-,29-,30-,31+,32+,33+,34+,35-,36+,37+,38-,39-,40+,42+,43-,44+,45-,46-,47-,48+,49+,51-,52?,53+/m0/s1. The molecule has 1 unspecified atom stereocenters. The highest BCUT2D eigenvalue weighted by atomic mass is 16.7. The molecular formula is C53H86N2O22. The lowest BCUT2D eigenvalue weighted by Crippen LogP contribution is -2.62. The first kappa shape index (κ1) is 66.1. The molecule has 0 radical (unpaired) electrons. The predicted molar refractivity (Wildman–Crippen MR) is 272 cm³/mol. The van der Waals surface area contributed by atoms with Crippen molar-refractivity contribution in [2.45, 2.75) is 220 Å². The number of rotatable bonds is 6. The van der Waals surface area contributed by atoms with Gasteiger partial charge in [-0.05, 0) is 52.4 Å². The lowest BCUT2D eigenvalue weighted by atomic mass is 9.82. The highest BCUT2D eigenvalue weighted by molar-refractivity contribution is 5.78. The molecule has 4 rings (SSSR count). The number of carbonyl (C=O) groups is 2. The van der Waals surface area contributed by atoms with Gasteiger partial charge in [-0.1, -0.05) is 86.8 Å². The van der Waals surface area contributed by atoms with Crippen LogP contribution in [0.4, 0.5) is 0 Å². The molecule has 24 atom stereocenters. The zero-order valence-electron chi connectivity index (χ0n) is 44.1. The molecule has 3 fully saturated rings. The van der Waals surface area contributed by atoms with Crippen LogP contribution in [0, 0.1) is 17.8 Å². The van der Waals surface area contributed by atoms with Gasteiger partial charge in [0.05, 0.1) is 92.1 Å². The molecule has 24 heteroatoms. The van der Waals surface area contributed by atoms with Crippen molar-refractivity contribution in [3.8, 4) is 0 Å². The van der Waals surface area contributed by atoms with Crippen molar-refractivity contribution in [3.63, 3.8) is 0 Å². The maximum Gasteiger partial charge on any atom is 0.308 e. The molecule has 24 nitrogen and oxygen atoms in total. The van der Waals surface area contributed by atoms with Crippen molar-refractivity contribution in [2.24, 2.45) is 23.5 Å². The quantitative estimate of drug-likeness (QED) is 0.0791. The van der Waals surface area contributed by atoms with Gasteiger partial charge in [0.2, 0.25) is 0 Å². The fourth-order valence-corrected chi connectivity index (χ4v) is 9.77. The van der Waals surface area contributed by atoms with Crippen LogP contribution >= 0.6 is 0 Å². The van der Waals surface area contributed by atoms with E-state index in [1.165, 1.54) is 18.5 Å². The summed E-state index contributed by atoms with van der Waals surface area (Å²) < 4.78 is 35.4. The van der Waals surface area contributed by atoms with E-state index in [-0.39, 0.29) is 32.1 Å². The highest BCUT2D eigenvalue weighted by Gasteiger charge is 2.51. The molecule has 4 aliphatic rings. The Morgan fingerprint density at radius 1 is 0.675 bits per heavy atom. The van der Waals surface area contributed by atoms with Crippen LogP contribution in [0.2, 0.25) is 0 Å². The molecular weight excluding hydrogens is 1020 g/mol. The molecule has 77 heavy (non-hydrogen) atoms. The van der Waals surface area contributed by atoms with Crippen LogP contribution in [0.1, 0.15) is 91.9 Å². The first-order chi connectivity index (χ1) is 36.4. The van der Waals surface area contributed by atoms with E-state index < -0.39 is 184 Å². The number of amides is 1. The minimum absolute atomic E-state index is 0.191. The lowest BCUT2D eigenvalue weighted by Gasteiger charge is -2.46. The molecule has 17 N–H and O–H groups in total. The van der Waals surface area contributed by atoms with Crippen molar-refractivity contribution in [3.05, 3.63) is 72.9 Å². The van der Waals surface area contributed by atoms with E-state index in [1.807, 2.05) is 37.3 Å². The van der Waals surface area contributed by atoms with Gasteiger partial charge in [0.1, 0.15) is 36.6 Å². The molecule has 3 saturated heterocycles. The molecule has 0 aliphatic carbocycles. The number of aliphatic hydroxyl groups is 13. The summed E-state index contributed by atoms with van der Waals surface area (Å²) in [4.78, 5) is 26.1. The molecule has 0 aromatic rings. The van der Waals surface area contributed by atoms with Gasteiger partial charge in [0.15, 0.2) is 18.4 Å². The molecule has 4 aliphatic heterocycles. The third-order valence-electron chi connectivity index (χ3n) is 14.5. The van der Waals surface area contributed by atoms with Crippen LogP contribution in [0.5, 0.6) is 0 Å². The van der Waals surface area contributed by atoms with Crippen LogP contribution in [0.15, 0.2) is 72.9 Å². The topological polar surface area (TPSA) is 411 Å². The fraction of sp³-hybridized carbons (Fsp3) is 0.736. The summed E-state index contributed by atoms with van der Waals surface area (Å²) in [5, 5.41) is 150. The van der Waals surface area contributed by atoms with Crippen LogP contribution in [-0.2, 0) is 38.0 Å². The average molecular weight is 1100 g/mol. The Morgan fingerprint density at radius 3 is 1.94 bits per heavy atom. The van der Waals surface area contributed by atoms with Gasteiger partial charge in [0.25, 0.3) is 5.91 Å². The molecule has 440 valence electrons. The summed E-state index contributed by atoms with van der Waals surface area (Å²) in [6, 6.07) is -1.17. The number of aliphatic hydroxyl groups excluding tert-OH is 12. The Balaban J connectivity index is 1.58. The Morgan fingerprint density at radius 2 is 1.27 bits per heavy atom. The molecule has 1 amide bonds. The minimum Gasteiger partial charge on any atom is -0.462 e. The van der Waals surface area contributed by atoms with Gasteiger partial charge < -0.3 is 101 Å². The van der Waals surface area contributed by atoms with Crippen LogP contribution < -0.4 is 11.2 Å². The summed E-state index contributed by atoms with van der Waals surface area (Å²) in [5.41, 5.74) is 7.55. The van der Waals surface area contributed by atoms with E-state index in [9.17, 15) is 81.2 Å². The number of fused-ring (bicyclic) bond motifs is 2. The van der Waals surface area contributed by atoms with Crippen molar-refractivity contribution in [2.75, 3.05) is 6.61 Å². The van der Waals surface area contributed by atoms with E-state index >= 15 is 0 Å².